The number of rotatable bonds is 3. The van der Waals surface area contributed by atoms with E-state index in [0.717, 1.165) is 63.4 Å². The Hall–Kier alpha value is -2.28. The number of piperidine rings is 1. The summed E-state index contributed by atoms with van der Waals surface area (Å²) in [6.45, 7) is 3.92. The molecule has 0 saturated carbocycles. The van der Waals surface area contributed by atoms with Gasteiger partial charge in [0.2, 0.25) is 5.82 Å². The third kappa shape index (κ3) is 3.16. The third-order valence-electron chi connectivity index (χ3n) is 5.66. The molecule has 132 valence electrons. The number of pyridine rings is 1. The summed E-state index contributed by atoms with van der Waals surface area (Å²) in [4.78, 5) is 18.9. The van der Waals surface area contributed by atoms with E-state index in [9.17, 15) is 4.79 Å². The Balaban J connectivity index is 1.43. The van der Waals surface area contributed by atoms with Crippen molar-refractivity contribution < 1.29 is 4.79 Å². The average Bonchev–Trinajstić information content (AvgIpc) is 3.07. The standard InChI is InChI=1S/C18H24N6O/c1-19-17(25)16-22-21-15-5-6-18(13-24(15)16)7-10-23(11-8-18)12-14-4-2-3-9-20-14/h2-4,9H,5-8,10-13H2,1H3,(H,19,25). The SMILES string of the molecule is CNC(=O)c1nnc2n1CC1(CC2)CCN(Cc2ccccn2)CC1. The molecule has 25 heavy (non-hydrogen) atoms. The molecular weight excluding hydrogens is 316 g/mol. The fourth-order valence-electron chi connectivity index (χ4n) is 4.07. The van der Waals surface area contributed by atoms with Gasteiger partial charge in [0, 0.05) is 32.8 Å². The van der Waals surface area contributed by atoms with E-state index in [1.807, 2.05) is 22.9 Å². The summed E-state index contributed by atoms with van der Waals surface area (Å²) in [7, 11) is 1.64. The van der Waals surface area contributed by atoms with Crippen molar-refractivity contribution >= 4 is 5.91 Å². The highest BCUT2D eigenvalue weighted by molar-refractivity contribution is 5.90. The van der Waals surface area contributed by atoms with Gasteiger partial charge in [0.05, 0.1) is 5.69 Å². The molecule has 2 aromatic rings. The Labute approximate surface area is 147 Å². The van der Waals surface area contributed by atoms with Crippen LogP contribution < -0.4 is 5.32 Å². The zero-order valence-electron chi connectivity index (χ0n) is 14.6. The largest absolute Gasteiger partial charge is 0.352 e. The van der Waals surface area contributed by atoms with E-state index in [1.54, 1.807) is 7.05 Å². The second kappa shape index (κ2) is 6.55. The lowest BCUT2D eigenvalue weighted by molar-refractivity contribution is 0.0613. The topological polar surface area (TPSA) is 75.9 Å². The van der Waals surface area contributed by atoms with Crippen LogP contribution in [0, 0.1) is 5.41 Å². The molecule has 0 radical (unpaired) electrons. The number of nitrogens with one attached hydrogen (secondary N) is 1. The maximum Gasteiger partial charge on any atom is 0.288 e. The van der Waals surface area contributed by atoms with E-state index in [0.29, 0.717) is 5.82 Å². The molecular formula is C18H24N6O. The van der Waals surface area contributed by atoms with Crippen LogP contribution in [0.5, 0.6) is 0 Å². The van der Waals surface area contributed by atoms with Crippen LogP contribution in [0.2, 0.25) is 0 Å². The van der Waals surface area contributed by atoms with E-state index in [1.165, 1.54) is 0 Å². The average molecular weight is 340 g/mol. The molecule has 0 aromatic carbocycles. The number of hydrogen-bond donors (Lipinski definition) is 1. The Morgan fingerprint density at radius 1 is 1.24 bits per heavy atom. The van der Waals surface area contributed by atoms with Crippen LogP contribution in [0.4, 0.5) is 0 Å². The Morgan fingerprint density at radius 2 is 2.08 bits per heavy atom. The van der Waals surface area contributed by atoms with Crippen molar-refractivity contribution in [3.8, 4) is 0 Å². The van der Waals surface area contributed by atoms with E-state index >= 15 is 0 Å². The zero-order valence-corrected chi connectivity index (χ0v) is 14.6. The van der Waals surface area contributed by atoms with Gasteiger partial charge < -0.3 is 9.88 Å². The third-order valence-corrected chi connectivity index (χ3v) is 5.66. The summed E-state index contributed by atoms with van der Waals surface area (Å²) in [6.07, 6.45) is 6.19. The Bertz CT molecular complexity index is 748. The molecule has 4 heterocycles. The summed E-state index contributed by atoms with van der Waals surface area (Å²) in [5.41, 5.74) is 1.39. The quantitative estimate of drug-likeness (QED) is 0.910. The van der Waals surface area contributed by atoms with Crippen molar-refractivity contribution in [2.45, 2.75) is 38.8 Å². The number of amides is 1. The van der Waals surface area contributed by atoms with E-state index in [4.69, 9.17) is 0 Å². The van der Waals surface area contributed by atoms with Crippen molar-refractivity contribution in [3.05, 3.63) is 41.7 Å². The first kappa shape index (κ1) is 16.2. The van der Waals surface area contributed by atoms with Gasteiger partial charge in [-0.25, -0.2) is 0 Å². The number of nitrogens with zero attached hydrogens (tertiary/aromatic N) is 5. The molecule has 0 atom stereocenters. The molecule has 4 rings (SSSR count). The second-order valence-electron chi connectivity index (χ2n) is 7.20. The van der Waals surface area contributed by atoms with Crippen molar-refractivity contribution in [1.29, 1.82) is 0 Å². The van der Waals surface area contributed by atoms with Crippen LogP contribution in [-0.4, -0.2) is 50.7 Å². The van der Waals surface area contributed by atoms with Crippen molar-refractivity contribution in [1.82, 2.24) is 30.0 Å². The van der Waals surface area contributed by atoms with Crippen molar-refractivity contribution in [3.63, 3.8) is 0 Å². The first-order valence-corrected chi connectivity index (χ1v) is 8.96. The van der Waals surface area contributed by atoms with Crippen LogP contribution in [0.15, 0.2) is 24.4 Å². The van der Waals surface area contributed by atoms with E-state index in [-0.39, 0.29) is 11.3 Å². The Morgan fingerprint density at radius 3 is 2.80 bits per heavy atom. The van der Waals surface area contributed by atoms with Crippen LogP contribution in [0.25, 0.3) is 0 Å². The molecule has 1 saturated heterocycles. The molecule has 0 bridgehead atoms. The molecule has 1 fully saturated rings. The molecule has 1 amide bonds. The van der Waals surface area contributed by atoms with Gasteiger partial charge in [-0.1, -0.05) is 6.07 Å². The molecule has 2 aromatic heterocycles. The normalized spacial score (nSPS) is 19.6. The monoisotopic (exact) mass is 340 g/mol. The predicted molar refractivity (Wildman–Crippen MR) is 92.9 cm³/mol. The first-order valence-electron chi connectivity index (χ1n) is 8.96. The lowest BCUT2D eigenvalue weighted by Gasteiger charge is -2.44. The summed E-state index contributed by atoms with van der Waals surface area (Å²) >= 11 is 0. The number of hydrogen-bond acceptors (Lipinski definition) is 5. The van der Waals surface area contributed by atoms with Gasteiger partial charge in [-0.2, -0.15) is 0 Å². The lowest BCUT2D eigenvalue weighted by Crippen LogP contribution is -2.44. The predicted octanol–water partition coefficient (Wildman–Crippen LogP) is 1.26. The minimum atomic E-state index is -0.150. The molecule has 1 spiro atoms. The number of likely N-dealkylation sites (tertiary alicyclic amines) is 1. The molecule has 7 heteroatoms. The van der Waals surface area contributed by atoms with Gasteiger partial charge in [-0.3, -0.25) is 14.7 Å². The van der Waals surface area contributed by atoms with Gasteiger partial charge in [0.1, 0.15) is 5.82 Å². The summed E-state index contributed by atoms with van der Waals surface area (Å²) < 4.78 is 2.04. The minimum absolute atomic E-state index is 0.150. The first-order chi connectivity index (χ1) is 12.2. The number of aryl methyl sites for hydroxylation is 1. The molecule has 0 aliphatic carbocycles. The molecule has 0 unspecified atom stereocenters. The Kier molecular flexibility index (Phi) is 4.25. The fourth-order valence-corrected chi connectivity index (χ4v) is 4.07. The lowest BCUT2D eigenvalue weighted by atomic mass is 9.73. The van der Waals surface area contributed by atoms with E-state index < -0.39 is 0 Å². The smallest absolute Gasteiger partial charge is 0.288 e. The minimum Gasteiger partial charge on any atom is -0.352 e. The number of aromatic nitrogens is 4. The van der Waals surface area contributed by atoms with Crippen molar-refractivity contribution in [2.75, 3.05) is 20.1 Å². The van der Waals surface area contributed by atoms with Gasteiger partial charge in [0.15, 0.2) is 0 Å². The van der Waals surface area contributed by atoms with Crippen LogP contribution >= 0.6 is 0 Å². The highest BCUT2D eigenvalue weighted by Gasteiger charge is 2.39. The maximum atomic E-state index is 12.0. The van der Waals surface area contributed by atoms with Gasteiger partial charge >= 0.3 is 0 Å². The highest BCUT2D eigenvalue weighted by atomic mass is 16.2. The van der Waals surface area contributed by atoms with Crippen LogP contribution in [0.1, 0.15) is 41.4 Å². The van der Waals surface area contributed by atoms with E-state index in [2.05, 4.69) is 31.5 Å². The summed E-state index contributed by atoms with van der Waals surface area (Å²) in [5.74, 6) is 1.25. The molecule has 7 nitrogen and oxygen atoms in total. The second-order valence-corrected chi connectivity index (χ2v) is 7.20. The van der Waals surface area contributed by atoms with Crippen molar-refractivity contribution in [2.24, 2.45) is 5.41 Å². The summed E-state index contributed by atoms with van der Waals surface area (Å²) in [6, 6.07) is 6.09. The molecule has 2 aliphatic heterocycles. The van der Waals surface area contributed by atoms with Crippen LogP contribution in [-0.2, 0) is 19.5 Å². The van der Waals surface area contributed by atoms with Crippen LogP contribution in [0.3, 0.4) is 0 Å². The molecule has 1 N–H and O–H groups in total. The van der Waals surface area contributed by atoms with Gasteiger partial charge in [0.25, 0.3) is 5.91 Å². The fraction of sp³-hybridized carbons (Fsp3) is 0.556. The number of carbonyl (C=O) groups is 1. The van der Waals surface area contributed by atoms with Gasteiger partial charge in [-0.15, -0.1) is 10.2 Å². The molecule has 2 aliphatic rings. The summed E-state index contributed by atoms with van der Waals surface area (Å²) in [5, 5.41) is 11.0. The zero-order chi connectivity index (χ0) is 17.3. The highest BCUT2D eigenvalue weighted by Crippen LogP contribution is 2.41. The maximum absolute atomic E-state index is 12.0. The van der Waals surface area contributed by atoms with Gasteiger partial charge in [-0.05, 0) is 49.9 Å². The number of carbonyl (C=O) groups excluding carboxylic acids is 1. The number of fused-ring (bicyclic) bond motifs is 1.